The number of hydrogen-bond donors (Lipinski definition) is 8. The normalized spacial score (nSPS) is 34.7. The molecule has 2 saturated heterocycles. The number of aliphatic hydroxyl groups excluding tert-OH is 7. The van der Waals surface area contributed by atoms with Gasteiger partial charge < -0.3 is 59.8 Å². The lowest BCUT2D eigenvalue weighted by Crippen LogP contribution is -2.64. The minimum Gasteiger partial charge on any atom is -0.494 e. The van der Waals surface area contributed by atoms with E-state index in [1.807, 2.05) is 6.92 Å². The molecule has 4 rings (SSSR count). The molecular weight excluding hydrogens is 568 g/mol. The van der Waals surface area contributed by atoms with E-state index in [4.69, 9.17) is 30.5 Å². The molecule has 2 fully saturated rings. The van der Waals surface area contributed by atoms with Crippen molar-refractivity contribution < 1.29 is 64.6 Å². The molecule has 41 heavy (non-hydrogen) atoms. The van der Waals surface area contributed by atoms with Gasteiger partial charge in [0.25, 0.3) is 0 Å². The molecule has 13 nitrogen and oxygen atoms in total. The quantitative estimate of drug-likeness (QED) is 0.178. The van der Waals surface area contributed by atoms with Crippen LogP contribution in [0.15, 0.2) is 42.5 Å². The third kappa shape index (κ3) is 6.50. The van der Waals surface area contributed by atoms with Crippen molar-refractivity contribution in [2.24, 2.45) is 0 Å². The molecule has 226 valence electrons. The van der Waals surface area contributed by atoms with Crippen LogP contribution in [0.3, 0.4) is 0 Å². The molecule has 0 spiro atoms. The Morgan fingerprint density at radius 2 is 1.63 bits per heavy atom. The van der Waals surface area contributed by atoms with Crippen molar-refractivity contribution in [2.45, 2.75) is 74.3 Å². The molecule has 0 bridgehead atoms. The lowest BCUT2D eigenvalue weighted by Gasteiger charge is -2.46. The van der Waals surface area contributed by atoms with Crippen LogP contribution in [0.25, 0.3) is 0 Å². The van der Waals surface area contributed by atoms with E-state index in [2.05, 4.69) is 0 Å². The van der Waals surface area contributed by atoms with Crippen molar-refractivity contribution in [1.82, 2.24) is 0 Å². The monoisotopic (exact) mass is 600 g/mol. The van der Waals surface area contributed by atoms with Gasteiger partial charge >= 0.3 is 5.97 Å². The third-order valence-corrected chi connectivity index (χ3v) is 7.46. The van der Waals surface area contributed by atoms with Crippen LogP contribution in [-0.2, 0) is 19.0 Å². The average Bonchev–Trinajstić information content (AvgIpc) is 2.95. The molecule has 2 aromatic rings. The minimum atomic E-state index is -1.98. The molecule has 11 atom stereocenters. The summed E-state index contributed by atoms with van der Waals surface area (Å²) in [4.78, 5) is 11.5. The number of ether oxygens (including phenoxy) is 4. The summed E-state index contributed by atoms with van der Waals surface area (Å²) in [5, 5.41) is 82.8. The van der Waals surface area contributed by atoms with Gasteiger partial charge in [-0.25, -0.2) is 4.79 Å². The molecule has 0 amide bonds. The summed E-state index contributed by atoms with van der Waals surface area (Å²) in [6.07, 6.45) is -18.5. The van der Waals surface area contributed by atoms with Crippen molar-refractivity contribution in [3.63, 3.8) is 0 Å². The van der Waals surface area contributed by atoms with Gasteiger partial charge in [-0.1, -0.05) is 29.8 Å². The summed E-state index contributed by atoms with van der Waals surface area (Å²) in [5.41, 5.74) is 1.05. The molecule has 2 heterocycles. The number of hydrogen-bond acceptors (Lipinski definition) is 12. The Kier molecular flexibility index (Phi) is 10.2. The van der Waals surface area contributed by atoms with Gasteiger partial charge in [0, 0.05) is 10.6 Å². The molecule has 8 N–H and O–H groups in total. The number of aliphatic hydroxyl groups is 7. The fourth-order valence-corrected chi connectivity index (χ4v) is 5.10. The Bertz CT molecular complexity index is 1180. The second kappa shape index (κ2) is 13.3. The highest BCUT2D eigenvalue weighted by molar-refractivity contribution is 6.31. The fourth-order valence-electron chi connectivity index (χ4n) is 4.88. The van der Waals surface area contributed by atoms with Crippen LogP contribution in [-0.4, -0.2) is 115 Å². The number of carboxylic acid groups (broad SMARTS) is 1. The average molecular weight is 601 g/mol. The smallest absolute Gasteiger partial charge is 0.335 e. The Morgan fingerprint density at radius 1 is 0.951 bits per heavy atom. The maximum atomic E-state index is 11.5. The number of rotatable bonds is 9. The van der Waals surface area contributed by atoms with Crippen molar-refractivity contribution in [3.05, 3.63) is 64.2 Å². The summed E-state index contributed by atoms with van der Waals surface area (Å²) in [6.45, 7) is 1.60. The molecule has 0 saturated carbocycles. The van der Waals surface area contributed by atoms with E-state index in [0.29, 0.717) is 17.9 Å². The summed E-state index contributed by atoms with van der Waals surface area (Å²) < 4.78 is 21.9. The Morgan fingerprint density at radius 3 is 2.24 bits per heavy atom. The van der Waals surface area contributed by atoms with Gasteiger partial charge in [-0.05, 0) is 42.3 Å². The zero-order valence-electron chi connectivity index (χ0n) is 21.8. The first-order valence-electron chi connectivity index (χ1n) is 12.9. The van der Waals surface area contributed by atoms with Gasteiger partial charge in [-0.2, -0.15) is 0 Å². The van der Waals surface area contributed by atoms with Crippen LogP contribution in [0.4, 0.5) is 0 Å². The summed E-state index contributed by atoms with van der Waals surface area (Å²) in [5.74, 6) is -1.03. The van der Waals surface area contributed by atoms with Gasteiger partial charge in [0.05, 0.1) is 13.2 Å². The van der Waals surface area contributed by atoms with Gasteiger partial charge in [0.1, 0.15) is 60.7 Å². The molecular formula is C27H33ClO13. The van der Waals surface area contributed by atoms with E-state index < -0.39 is 79.9 Å². The molecule has 14 heteroatoms. The van der Waals surface area contributed by atoms with Crippen LogP contribution >= 0.6 is 11.6 Å². The Hall–Kier alpha value is -2.40. The van der Waals surface area contributed by atoms with Crippen LogP contribution in [0.1, 0.15) is 35.8 Å². The number of carbonyl (C=O) groups is 1. The predicted molar refractivity (Wildman–Crippen MR) is 139 cm³/mol. The molecule has 0 aromatic heterocycles. The Labute approximate surface area is 239 Å². The van der Waals surface area contributed by atoms with Crippen LogP contribution in [0.5, 0.6) is 5.75 Å². The highest BCUT2D eigenvalue weighted by atomic mass is 35.5. The van der Waals surface area contributed by atoms with Crippen LogP contribution in [0, 0.1) is 0 Å². The lowest BCUT2D eigenvalue weighted by atomic mass is 9.89. The standard InChI is InChI=1S/C27H33ClO13/c1-2-38-13-6-3-11(4-7-13)17(30)14-9-12(5-8-15(14)28)23-22(35)24(18(31)16(10-29)39-23)40-27-21(34)19(32)20(33)25(41-27)26(36)37/h3-9,16-25,27,29-35H,2,10H2,1H3,(H,36,37)/t16-,17?,18-,19+,20+,21-,22+,23+,24+,25+,27-/m1/s1. The van der Waals surface area contributed by atoms with E-state index >= 15 is 0 Å². The molecule has 2 aliphatic rings. The lowest BCUT2D eigenvalue weighted by molar-refractivity contribution is -0.337. The van der Waals surface area contributed by atoms with E-state index in [1.54, 1.807) is 24.3 Å². The van der Waals surface area contributed by atoms with Gasteiger partial charge in [0.2, 0.25) is 0 Å². The minimum absolute atomic E-state index is 0.206. The number of halogens is 1. The van der Waals surface area contributed by atoms with Crippen molar-refractivity contribution in [1.29, 1.82) is 0 Å². The maximum Gasteiger partial charge on any atom is 0.335 e. The highest BCUT2D eigenvalue weighted by Gasteiger charge is 2.52. The number of carboxylic acids is 1. The van der Waals surface area contributed by atoms with Gasteiger partial charge in [0.15, 0.2) is 12.4 Å². The second-order valence-electron chi connectivity index (χ2n) is 9.78. The van der Waals surface area contributed by atoms with E-state index in [-0.39, 0.29) is 16.1 Å². The van der Waals surface area contributed by atoms with E-state index in [1.165, 1.54) is 18.2 Å². The van der Waals surface area contributed by atoms with Crippen LogP contribution in [0.2, 0.25) is 5.02 Å². The molecule has 1 unspecified atom stereocenters. The molecule has 2 aromatic carbocycles. The SMILES string of the molecule is CCOc1ccc(C(O)c2cc([C@@H]3O[C@H](CO)[C@@H](O)[C@H](O[C@@H]4O[C@H](C(=O)O)[C@@H](O)[C@H](O)[C@H]4O)[C@H]3O)ccc2Cl)cc1. The maximum absolute atomic E-state index is 11.5. The topological polar surface area (TPSA) is 216 Å². The first kappa shape index (κ1) is 31.5. The van der Waals surface area contributed by atoms with Gasteiger partial charge in [-0.3, -0.25) is 0 Å². The van der Waals surface area contributed by atoms with Crippen LogP contribution < -0.4 is 4.74 Å². The molecule has 0 aliphatic carbocycles. The van der Waals surface area contributed by atoms with Gasteiger partial charge in [-0.15, -0.1) is 0 Å². The van der Waals surface area contributed by atoms with Crippen molar-refractivity contribution in [3.8, 4) is 5.75 Å². The van der Waals surface area contributed by atoms with E-state index in [9.17, 15) is 45.6 Å². The number of aliphatic carboxylic acids is 1. The highest BCUT2D eigenvalue weighted by Crippen LogP contribution is 2.38. The molecule has 0 radical (unpaired) electrons. The van der Waals surface area contributed by atoms with E-state index in [0.717, 1.165) is 0 Å². The van der Waals surface area contributed by atoms with Crippen molar-refractivity contribution >= 4 is 17.6 Å². The fraction of sp³-hybridized carbons (Fsp3) is 0.519. The van der Waals surface area contributed by atoms with Crippen molar-refractivity contribution in [2.75, 3.05) is 13.2 Å². The summed E-state index contributed by atoms with van der Waals surface area (Å²) in [6, 6.07) is 11.2. The Balaban J connectivity index is 1.60. The zero-order chi connectivity index (χ0) is 30.0. The second-order valence-corrected chi connectivity index (χ2v) is 10.2. The first-order valence-corrected chi connectivity index (χ1v) is 13.3. The summed E-state index contributed by atoms with van der Waals surface area (Å²) in [7, 11) is 0. The largest absolute Gasteiger partial charge is 0.494 e. The third-order valence-electron chi connectivity index (χ3n) is 7.12. The molecule has 2 aliphatic heterocycles. The number of benzene rings is 2. The zero-order valence-corrected chi connectivity index (χ0v) is 22.6. The predicted octanol–water partition coefficient (Wildman–Crippen LogP) is -0.748. The first-order chi connectivity index (χ1) is 19.5. The summed E-state index contributed by atoms with van der Waals surface area (Å²) >= 11 is 6.39.